The van der Waals surface area contributed by atoms with E-state index in [1.807, 2.05) is 37.3 Å². The molecule has 124 valence electrons. The van der Waals surface area contributed by atoms with Gasteiger partial charge in [-0.3, -0.25) is 0 Å². The molecule has 1 saturated heterocycles. The average Bonchev–Trinajstić information content (AvgIpc) is 3.03. The second kappa shape index (κ2) is 5.72. The summed E-state index contributed by atoms with van der Waals surface area (Å²) in [5, 5.41) is 15.9. The number of rotatable bonds is 2. The summed E-state index contributed by atoms with van der Waals surface area (Å²) in [6.45, 7) is 3.36. The van der Waals surface area contributed by atoms with E-state index in [1.165, 1.54) is 6.33 Å². The van der Waals surface area contributed by atoms with Crippen molar-refractivity contribution in [1.29, 1.82) is 0 Å². The molecule has 0 spiro atoms. The predicted octanol–water partition coefficient (Wildman–Crippen LogP) is 2.57. The maximum atomic E-state index is 11.1. The highest BCUT2D eigenvalue weighted by atomic mass is 35.5. The van der Waals surface area contributed by atoms with Crippen LogP contribution >= 0.6 is 11.6 Å². The molecule has 0 saturated carbocycles. The van der Waals surface area contributed by atoms with Crippen LogP contribution in [0.2, 0.25) is 5.02 Å². The molecule has 7 heteroatoms. The van der Waals surface area contributed by atoms with E-state index >= 15 is 0 Å². The highest BCUT2D eigenvalue weighted by molar-refractivity contribution is 6.31. The molecule has 1 aliphatic rings. The molecular formula is C17H18ClN5O. The van der Waals surface area contributed by atoms with Crippen molar-refractivity contribution in [3.8, 4) is 0 Å². The summed E-state index contributed by atoms with van der Waals surface area (Å²) in [4.78, 5) is 10.8. The Labute approximate surface area is 144 Å². The molecule has 3 aromatic rings. The fourth-order valence-electron chi connectivity index (χ4n) is 3.35. The fourth-order valence-corrected chi connectivity index (χ4v) is 3.66. The summed E-state index contributed by atoms with van der Waals surface area (Å²) in [5.74, 6) is 1.55. The minimum absolute atomic E-state index is 0.594. The third-order valence-corrected chi connectivity index (χ3v) is 4.98. The lowest BCUT2D eigenvalue weighted by Crippen LogP contribution is -2.43. The molecule has 24 heavy (non-hydrogen) atoms. The Kier molecular flexibility index (Phi) is 3.66. The first kappa shape index (κ1) is 15.4. The van der Waals surface area contributed by atoms with Gasteiger partial charge in [0, 0.05) is 35.4 Å². The molecule has 0 amide bonds. The fraction of sp³-hybridized carbons (Fsp3) is 0.353. The lowest BCUT2D eigenvalue weighted by atomic mass is 9.84. The molecule has 0 atom stereocenters. The van der Waals surface area contributed by atoms with E-state index < -0.39 is 5.60 Å². The van der Waals surface area contributed by atoms with Crippen molar-refractivity contribution in [2.24, 2.45) is 0 Å². The predicted molar refractivity (Wildman–Crippen MR) is 92.3 cm³/mol. The Bertz CT molecular complexity index is 886. The van der Waals surface area contributed by atoms with E-state index in [0.29, 0.717) is 36.7 Å². The van der Waals surface area contributed by atoms with E-state index in [0.717, 1.165) is 17.1 Å². The SMILES string of the molecule is Cc1cc(N2CCC(O)(c3ccccc3Cl)CC2)n2ncnc2n1. The monoisotopic (exact) mass is 343 g/mol. The van der Waals surface area contributed by atoms with Crippen LogP contribution in [-0.4, -0.2) is 37.8 Å². The van der Waals surface area contributed by atoms with Gasteiger partial charge in [-0.25, -0.2) is 4.98 Å². The number of piperidine rings is 1. The third-order valence-electron chi connectivity index (χ3n) is 4.65. The van der Waals surface area contributed by atoms with E-state index in [2.05, 4.69) is 20.0 Å². The van der Waals surface area contributed by atoms with Gasteiger partial charge in [-0.2, -0.15) is 14.6 Å². The first-order chi connectivity index (χ1) is 11.6. The molecule has 0 aliphatic carbocycles. The number of hydrogen-bond acceptors (Lipinski definition) is 5. The number of aliphatic hydroxyl groups is 1. The summed E-state index contributed by atoms with van der Waals surface area (Å²) in [6, 6.07) is 9.53. The van der Waals surface area contributed by atoms with Crippen molar-refractivity contribution in [1.82, 2.24) is 19.6 Å². The van der Waals surface area contributed by atoms with Gasteiger partial charge in [-0.1, -0.05) is 29.8 Å². The standard InChI is InChI=1S/C17H18ClN5O/c1-12-10-15(23-16(21-12)19-11-20-23)22-8-6-17(24,7-9-22)13-4-2-3-5-14(13)18/h2-5,10-11,24H,6-9H2,1H3. The van der Waals surface area contributed by atoms with Crippen LogP contribution in [0.5, 0.6) is 0 Å². The van der Waals surface area contributed by atoms with E-state index in [9.17, 15) is 5.11 Å². The smallest absolute Gasteiger partial charge is 0.254 e. The van der Waals surface area contributed by atoms with E-state index in [4.69, 9.17) is 11.6 Å². The molecule has 4 rings (SSSR count). The van der Waals surface area contributed by atoms with Gasteiger partial charge >= 0.3 is 0 Å². The topological polar surface area (TPSA) is 66.5 Å². The van der Waals surface area contributed by atoms with Gasteiger partial charge < -0.3 is 10.0 Å². The number of aromatic nitrogens is 4. The van der Waals surface area contributed by atoms with Gasteiger partial charge in [-0.05, 0) is 25.8 Å². The molecule has 2 aromatic heterocycles. The molecule has 0 unspecified atom stereocenters. The van der Waals surface area contributed by atoms with Crippen molar-refractivity contribution < 1.29 is 5.11 Å². The average molecular weight is 344 g/mol. The van der Waals surface area contributed by atoms with Crippen molar-refractivity contribution in [3.05, 3.63) is 52.9 Å². The molecule has 1 N–H and O–H groups in total. The molecule has 1 aromatic carbocycles. The van der Waals surface area contributed by atoms with Crippen LogP contribution < -0.4 is 4.90 Å². The highest BCUT2D eigenvalue weighted by Gasteiger charge is 2.36. The second-order valence-electron chi connectivity index (χ2n) is 6.23. The molecule has 1 fully saturated rings. The number of nitrogens with zero attached hydrogens (tertiary/aromatic N) is 5. The van der Waals surface area contributed by atoms with Crippen molar-refractivity contribution in [2.75, 3.05) is 18.0 Å². The molecule has 3 heterocycles. The minimum Gasteiger partial charge on any atom is -0.385 e. The largest absolute Gasteiger partial charge is 0.385 e. The lowest BCUT2D eigenvalue weighted by molar-refractivity contribution is 0.0117. The molecule has 0 bridgehead atoms. The molecular weight excluding hydrogens is 326 g/mol. The second-order valence-corrected chi connectivity index (χ2v) is 6.63. The Morgan fingerprint density at radius 1 is 1.21 bits per heavy atom. The quantitative estimate of drug-likeness (QED) is 0.774. The van der Waals surface area contributed by atoms with Crippen LogP contribution in [0, 0.1) is 6.92 Å². The first-order valence-electron chi connectivity index (χ1n) is 7.96. The number of aryl methyl sites for hydroxylation is 1. The molecule has 0 radical (unpaired) electrons. The van der Waals surface area contributed by atoms with Crippen LogP contribution in [0.25, 0.3) is 5.78 Å². The molecule has 6 nitrogen and oxygen atoms in total. The number of halogens is 1. The zero-order valence-electron chi connectivity index (χ0n) is 13.4. The van der Waals surface area contributed by atoms with Gasteiger partial charge in [0.1, 0.15) is 12.1 Å². The normalized spacial score (nSPS) is 17.4. The molecule has 1 aliphatic heterocycles. The van der Waals surface area contributed by atoms with Crippen LogP contribution in [0.1, 0.15) is 24.1 Å². The number of benzene rings is 1. The Hall–Kier alpha value is -2.18. The zero-order valence-corrected chi connectivity index (χ0v) is 14.1. The van der Waals surface area contributed by atoms with E-state index in [-0.39, 0.29) is 0 Å². The summed E-state index contributed by atoms with van der Waals surface area (Å²) in [6.07, 6.45) is 2.72. The highest BCUT2D eigenvalue weighted by Crippen LogP contribution is 2.37. The minimum atomic E-state index is -0.890. The summed E-state index contributed by atoms with van der Waals surface area (Å²) >= 11 is 6.28. The Morgan fingerprint density at radius 2 is 1.96 bits per heavy atom. The lowest BCUT2D eigenvalue weighted by Gasteiger charge is -2.39. The van der Waals surface area contributed by atoms with Crippen LogP contribution in [0.4, 0.5) is 5.82 Å². The maximum Gasteiger partial charge on any atom is 0.254 e. The summed E-state index contributed by atoms with van der Waals surface area (Å²) in [5.41, 5.74) is 0.818. The number of hydrogen-bond donors (Lipinski definition) is 1. The van der Waals surface area contributed by atoms with Crippen LogP contribution in [0.3, 0.4) is 0 Å². The van der Waals surface area contributed by atoms with Gasteiger partial charge in [0.25, 0.3) is 5.78 Å². The van der Waals surface area contributed by atoms with E-state index in [1.54, 1.807) is 4.52 Å². The first-order valence-corrected chi connectivity index (χ1v) is 8.34. The summed E-state index contributed by atoms with van der Waals surface area (Å²) < 4.78 is 1.74. The van der Waals surface area contributed by atoms with Crippen LogP contribution in [0.15, 0.2) is 36.7 Å². The zero-order chi connectivity index (χ0) is 16.7. The van der Waals surface area contributed by atoms with Gasteiger partial charge in [0.15, 0.2) is 0 Å². The third kappa shape index (κ3) is 2.52. The van der Waals surface area contributed by atoms with Gasteiger partial charge in [0.05, 0.1) is 5.60 Å². The van der Waals surface area contributed by atoms with Crippen molar-refractivity contribution in [3.63, 3.8) is 0 Å². The Balaban J connectivity index is 1.62. The summed E-state index contributed by atoms with van der Waals surface area (Å²) in [7, 11) is 0. The van der Waals surface area contributed by atoms with Gasteiger partial charge in [-0.15, -0.1) is 0 Å². The van der Waals surface area contributed by atoms with Crippen molar-refractivity contribution >= 4 is 23.2 Å². The van der Waals surface area contributed by atoms with Crippen LogP contribution in [-0.2, 0) is 5.60 Å². The van der Waals surface area contributed by atoms with Crippen molar-refractivity contribution in [2.45, 2.75) is 25.4 Å². The maximum absolute atomic E-state index is 11.1. The Morgan fingerprint density at radius 3 is 2.71 bits per heavy atom. The number of anilines is 1. The van der Waals surface area contributed by atoms with Gasteiger partial charge in [0.2, 0.25) is 0 Å². The number of fused-ring (bicyclic) bond motifs is 1.